The first-order chi connectivity index (χ1) is 10.7. The van der Waals surface area contributed by atoms with Gasteiger partial charge in [0.2, 0.25) is 0 Å². The molecular formula is C20H32O3. The highest BCUT2D eigenvalue weighted by Crippen LogP contribution is 2.66. The molecule has 2 saturated carbocycles. The fourth-order valence-electron chi connectivity index (χ4n) is 6.38. The van der Waals surface area contributed by atoms with Gasteiger partial charge in [-0.2, -0.15) is 0 Å². The Morgan fingerprint density at radius 2 is 1.78 bits per heavy atom. The molecule has 0 radical (unpaired) electrons. The monoisotopic (exact) mass is 320 g/mol. The molecule has 0 heterocycles. The average molecular weight is 320 g/mol. The third-order valence-corrected chi connectivity index (χ3v) is 7.88. The molecule has 3 rings (SSSR count). The van der Waals surface area contributed by atoms with Crippen molar-refractivity contribution in [3.8, 4) is 0 Å². The van der Waals surface area contributed by atoms with Crippen LogP contribution in [0.3, 0.4) is 0 Å². The fraction of sp³-hybridized carbons (Fsp3) is 0.850. The van der Waals surface area contributed by atoms with E-state index in [1.807, 2.05) is 0 Å². The van der Waals surface area contributed by atoms with Crippen molar-refractivity contribution in [2.24, 2.45) is 28.1 Å². The number of aliphatic hydroxyl groups is 2. The van der Waals surface area contributed by atoms with Gasteiger partial charge in [0.1, 0.15) is 6.29 Å². The predicted octanol–water partition coefficient (Wildman–Crippen LogP) is 3.49. The number of rotatable bonds is 1. The first kappa shape index (κ1) is 17.2. The molecule has 3 heteroatoms. The van der Waals surface area contributed by atoms with Gasteiger partial charge in [-0.3, -0.25) is 0 Å². The molecule has 0 spiro atoms. The smallest absolute Gasteiger partial charge is 0.129 e. The first-order valence-corrected chi connectivity index (χ1v) is 9.16. The topological polar surface area (TPSA) is 57.5 Å². The number of fused-ring (bicyclic) bond motifs is 3. The van der Waals surface area contributed by atoms with Crippen LogP contribution >= 0.6 is 0 Å². The highest BCUT2D eigenvalue weighted by Gasteiger charge is 2.63. The molecule has 0 aliphatic heterocycles. The van der Waals surface area contributed by atoms with Gasteiger partial charge < -0.3 is 15.0 Å². The van der Waals surface area contributed by atoms with Gasteiger partial charge >= 0.3 is 0 Å². The minimum atomic E-state index is -0.613. The van der Waals surface area contributed by atoms with Crippen molar-refractivity contribution in [2.45, 2.75) is 78.4 Å². The Labute approximate surface area is 140 Å². The Morgan fingerprint density at radius 1 is 1.09 bits per heavy atom. The molecular weight excluding hydrogens is 288 g/mol. The van der Waals surface area contributed by atoms with Gasteiger partial charge in [0, 0.05) is 0 Å². The summed E-state index contributed by atoms with van der Waals surface area (Å²) in [6.07, 6.45) is 7.38. The number of aliphatic hydroxyl groups excluding tert-OH is 2. The summed E-state index contributed by atoms with van der Waals surface area (Å²) < 4.78 is 0. The summed E-state index contributed by atoms with van der Waals surface area (Å²) in [7, 11) is 0. The molecule has 3 aliphatic carbocycles. The van der Waals surface area contributed by atoms with Crippen molar-refractivity contribution in [1.82, 2.24) is 0 Å². The molecule has 0 amide bonds. The minimum absolute atomic E-state index is 0.00396. The number of hydrogen-bond acceptors (Lipinski definition) is 3. The number of carbonyl (C=O) groups is 1. The Kier molecular flexibility index (Phi) is 4.04. The van der Waals surface area contributed by atoms with Crippen LogP contribution in [0, 0.1) is 28.1 Å². The van der Waals surface area contributed by atoms with Crippen molar-refractivity contribution >= 4 is 6.29 Å². The summed E-state index contributed by atoms with van der Waals surface area (Å²) in [4.78, 5) is 12.2. The summed E-state index contributed by atoms with van der Waals surface area (Å²) in [5.41, 5.74) is 0.461. The highest BCUT2D eigenvalue weighted by atomic mass is 16.3. The van der Waals surface area contributed by atoms with E-state index in [1.54, 1.807) is 0 Å². The largest absolute Gasteiger partial charge is 0.393 e. The van der Waals surface area contributed by atoms with Crippen molar-refractivity contribution in [3.63, 3.8) is 0 Å². The Hall–Kier alpha value is -0.670. The molecule has 0 aromatic carbocycles. The van der Waals surface area contributed by atoms with E-state index in [1.165, 1.54) is 5.57 Å². The molecule has 3 nitrogen and oxygen atoms in total. The molecule has 0 saturated heterocycles. The molecule has 23 heavy (non-hydrogen) atoms. The molecule has 6 atom stereocenters. The standard InChI is InChI=1S/C20H32O3/c1-13-5-6-15-19(4)9-8-16(22)18(2,3)14(19)7-10-20(15,12-21)17(23)11-13/h5,12,14-17,22-23H,6-11H2,1-4H3. The van der Waals surface area contributed by atoms with Crippen LogP contribution in [0.2, 0.25) is 0 Å². The first-order valence-electron chi connectivity index (χ1n) is 9.16. The zero-order valence-corrected chi connectivity index (χ0v) is 15.0. The normalized spacial score (nSPS) is 49.4. The van der Waals surface area contributed by atoms with Gasteiger partial charge in [-0.25, -0.2) is 0 Å². The number of carbonyl (C=O) groups excluding carboxylic acids is 1. The lowest BCUT2D eigenvalue weighted by Crippen LogP contribution is -2.61. The molecule has 130 valence electrons. The maximum atomic E-state index is 12.2. The molecule has 6 unspecified atom stereocenters. The van der Waals surface area contributed by atoms with Crippen LogP contribution in [-0.2, 0) is 4.79 Å². The quantitative estimate of drug-likeness (QED) is 0.574. The third kappa shape index (κ3) is 2.26. The van der Waals surface area contributed by atoms with E-state index >= 15 is 0 Å². The lowest BCUT2D eigenvalue weighted by Gasteiger charge is -2.63. The van der Waals surface area contributed by atoms with Gasteiger partial charge in [0.25, 0.3) is 0 Å². The van der Waals surface area contributed by atoms with E-state index in [-0.39, 0.29) is 22.9 Å². The summed E-state index contributed by atoms with van der Waals surface area (Å²) in [6.45, 7) is 8.74. The summed E-state index contributed by atoms with van der Waals surface area (Å²) in [6, 6.07) is 0. The van der Waals surface area contributed by atoms with E-state index in [0.29, 0.717) is 12.3 Å². The van der Waals surface area contributed by atoms with Crippen LogP contribution in [-0.4, -0.2) is 28.7 Å². The van der Waals surface area contributed by atoms with Crippen LogP contribution < -0.4 is 0 Å². The number of hydrogen-bond donors (Lipinski definition) is 2. The second kappa shape index (κ2) is 5.42. The van der Waals surface area contributed by atoms with Gasteiger partial charge in [0.05, 0.1) is 17.6 Å². The minimum Gasteiger partial charge on any atom is -0.393 e. The van der Waals surface area contributed by atoms with Crippen molar-refractivity contribution in [2.75, 3.05) is 0 Å². The molecule has 2 fully saturated rings. The highest BCUT2D eigenvalue weighted by molar-refractivity contribution is 5.62. The molecule has 0 bridgehead atoms. The van der Waals surface area contributed by atoms with Crippen molar-refractivity contribution in [3.05, 3.63) is 11.6 Å². The van der Waals surface area contributed by atoms with E-state index < -0.39 is 11.5 Å². The van der Waals surface area contributed by atoms with Crippen LogP contribution in [0.1, 0.15) is 66.2 Å². The maximum absolute atomic E-state index is 12.2. The van der Waals surface area contributed by atoms with E-state index in [9.17, 15) is 15.0 Å². The fourth-order valence-corrected chi connectivity index (χ4v) is 6.38. The predicted molar refractivity (Wildman–Crippen MR) is 90.8 cm³/mol. The van der Waals surface area contributed by atoms with Crippen LogP contribution in [0.25, 0.3) is 0 Å². The van der Waals surface area contributed by atoms with E-state index in [4.69, 9.17) is 0 Å². The summed E-state index contributed by atoms with van der Waals surface area (Å²) >= 11 is 0. The second-order valence-corrected chi connectivity index (χ2v) is 9.26. The van der Waals surface area contributed by atoms with Crippen molar-refractivity contribution in [1.29, 1.82) is 0 Å². The van der Waals surface area contributed by atoms with E-state index in [0.717, 1.165) is 38.4 Å². The van der Waals surface area contributed by atoms with Gasteiger partial charge in [0.15, 0.2) is 0 Å². The Balaban J connectivity index is 2.08. The van der Waals surface area contributed by atoms with Gasteiger partial charge in [-0.05, 0) is 68.1 Å². The molecule has 0 aromatic heterocycles. The van der Waals surface area contributed by atoms with E-state index in [2.05, 4.69) is 33.8 Å². The molecule has 3 aliphatic rings. The molecule has 2 N–H and O–H groups in total. The van der Waals surface area contributed by atoms with Gasteiger partial charge in [-0.15, -0.1) is 0 Å². The maximum Gasteiger partial charge on any atom is 0.129 e. The lowest BCUT2D eigenvalue weighted by molar-refractivity contribution is -0.190. The van der Waals surface area contributed by atoms with Crippen LogP contribution in [0.5, 0.6) is 0 Å². The second-order valence-electron chi connectivity index (χ2n) is 9.26. The Bertz CT molecular complexity index is 523. The Morgan fingerprint density at radius 3 is 2.43 bits per heavy atom. The summed E-state index contributed by atoms with van der Waals surface area (Å²) in [5.74, 6) is 0.571. The SMILES string of the molecule is CC1=CCC2C3(C)CCC(O)C(C)(C)C3CCC2(C=O)C(O)C1. The van der Waals surface area contributed by atoms with Crippen LogP contribution in [0.4, 0.5) is 0 Å². The lowest BCUT2D eigenvalue weighted by atomic mass is 9.41. The third-order valence-electron chi connectivity index (χ3n) is 7.88. The summed E-state index contributed by atoms with van der Waals surface area (Å²) in [5, 5.41) is 21.4. The molecule has 0 aromatic rings. The zero-order chi connectivity index (χ0) is 17.0. The van der Waals surface area contributed by atoms with Gasteiger partial charge in [-0.1, -0.05) is 32.4 Å². The van der Waals surface area contributed by atoms with Crippen molar-refractivity contribution < 1.29 is 15.0 Å². The number of allylic oxidation sites excluding steroid dienone is 1. The zero-order valence-electron chi connectivity index (χ0n) is 15.0. The average Bonchev–Trinajstić information content (AvgIpc) is 2.61. The van der Waals surface area contributed by atoms with Crippen LogP contribution in [0.15, 0.2) is 11.6 Å². The number of aldehydes is 1.